The van der Waals surface area contributed by atoms with Crippen LogP contribution in [-0.2, 0) is 16.1 Å². The lowest BCUT2D eigenvalue weighted by Gasteiger charge is -2.23. The molecule has 6 nitrogen and oxygen atoms in total. The van der Waals surface area contributed by atoms with Crippen LogP contribution in [0.25, 0.3) is 0 Å². The van der Waals surface area contributed by atoms with E-state index < -0.39 is 12.0 Å². The monoisotopic (exact) mass is 300 g/mol. The Kier molecular flexibility index (Phi) is 5.94. The van der Waals surface area contributed by atoms with Crippen molar-refractivity contribution in [1.82, 2.24) is 9.47 Å². The fraction of sp³-hybridized carbons (Fsp3) is 0.615. The number of hydrogen-bond donors (Lipinski definition) is 1. The van der Waals surface area contributed by atoms with E-state index in [0.29, 0.717) is 19.4 Å². The zero-order valence-electron chi connectivity index (χ0n) is 12.0. The van der Waals surface area contributed by atoms with Crippen LogP contribution in [0.3, 0.4) is 0 Å². The predicted molar refractivity (Wildman–Crippen MR) is 77.0 cm³/mol. The molecule has 20 heavy (non-hydrogen) atoms. The highest BCUT2D eigenvalue weighted by atomic mass is 32.1. The topological polar surface area (TPSA) is 79.6 Å². The van der Waals surface area contributed by atoms with Crippen LogP contribution in [-0.4, -0.2) is 39.5 Å². The van der Waals surface area contributed by atoms with Crippen LogP contribution in [0.2, 0.25) is 0 Å². The Morgan fingerprint density at radius 2 is 2.15 bits per heavy atom. The largest absolute Gasteiger partial charge is 0.480 e. The first kappa shape index (κ1) is 16.4. The Labute approximate surface area is 121 Å². The fourth-order valence-corrected chi connectivity index (χ4v) is 2.79. The molecule has 1 aromatic heterocycles. The number of carboxylic acids is 1. The van der Waals surface area contributed by atoms with E-state index in [1.54, 1.807) is 16.9 Å². The lowest BCUT2D eigenvalue weighted by Crippen LogP contribution is -2.41. The van der Waals surface area contributed by atoms with E-state index in [9.17, 15) is 14.4 Å². The number of likely N-dealkylation sites (N-methyl/N-ethyl adjacent to an activating group) is 1. The fourth-order valence-electron chi connectivity index (χ4n) is 2.03. The Hall–Kier alpha value is -1.63. The van der Waals surface area contributed by atoms with E-state index in [1.165, 1.54) is 11.9 Å². The van der Waals surface area contributed by atoms with Crippen LogP contribution < -0.4 is 4.87 Å². The maximum atomic E-state index is 11.9. The molecule has 1 amide bonds. The summed E-state index contributed by atoms with van der Waals surface area (Å²) in [7, 11) is 1.51. The van der Waals surface area contributed by atoms with E-state index in [0.717, 1.165) is 17.0 Å². The Balaban J connectivity index is 2.51. The summed E-state index contributed by atoms with van der Waals surface area (Å²) in [5, 5.41) is 10.8. The number of aliphatic carboxylic acids is 1. The molecule has 1 unspecified atom stereocenters. The predicted octanol–water partition coefficient (Wildman–Crippen LogP) is 1.32. The number of hydrogen-bond acceptors (Lipinski definition) is 4. The summed E-state index contributed by atoms with van der Waals surface area (Å²) in [5.74, 6) is -1.20. The second-order valence-corrected chi connectivity index (χ2v) is 5.49. The van der Waals surface area contributed by atoms with E-state index in [1.807, 2.05) is 6.92 Å². The maximum Gasteiger partial charge on any atom is 0.326 e. The molecule has 1 rings (SSSR count). The van der Waals surface area contributed by atoms with Gasteiger partial charge in [-0.25, -0.2) is 4.79 Å². The van der Waals surface area contributed by atoms with Gasteiger partial charge in [-0.1, -0.05) is 18.3 Å². The number of rotatable bonds is 7. The molecule has 0 bridgehead atoms. The molecular weight excluding hydrogens is 280 g/mol. The smallest absolute Gasteiger partial charge is 0.326 e. The molecule has 0 aliphatic carbocycles. The van der Waals surface area contributed by atoms with Gasteiger partial charge in [0.05, 0.1) is 0 Å². The van der Waals surface area contributed by atoms with Gasteiger partial charge < -0.3 is 14.6 Å². The minimum Gasteiger partial charge on any atom is -0.480 e. The average molecular weight is 300 g/mol. The lowest BCUT2D eigenvalue weighted by atomic mass is 10.2. The molecule has 0 aliphatic heterocycles. The maximum absolute atomic E-state index is 11.9. The van der Waals surface area contributed by atoms with Crippen LogP contribution in [0, 0.1) is 6.92 Å². The molecule has 1 atom stereocenters. The average Bonchev–Trinajstić information content (AvgIpc) is 2.70. The van der Waals surface area contributed by atoms with E-state index in [-0.39, 0.29) is 17.2 Å². The molecule has 112 valence electrons. The second kappa shape index (κ2) is 7.23. The van der Waals surface area contributed by atoms with Crippen molar-refractivity contribution in [2.45, 2.75) is 45.7 Å². The minimum atomic E-state index is -0.992. The first-order chi connectivity index (χ1) is 9.38. The van der Waals surface area contributed by atoms with Gasteiger partial charge in [-0.2, -0.15) is 0 Å². The van der Waals surface area contributed by atoms with Gasteiger partial charge in [-0.05, 0) is 19.8 Å². The number of aryl methyl sites for hydroxylation is 1. The van der Waals surface area contributed by atoms with Gasteiger partial charge in [0.25, 0.3) is 0 Å². The van der Waals surface area contributed by atoms with Gasteiger partial charge in [0.15, 0.2) is 0 Å². The number of nitrogens with zero attached hydrogens (tertiary/aromatic N) is 2. The summed E-state index contributed by atoms with van der Waals surface area (Å²) >= 11 is 1.14. The Morgan fingerprint density at radius 1 is 1.50 bits per heavy atom. The summed E-state index contributed by atoms with van der Waals surface area (Å²) in [4.78, 5) is 35.7. The van der Waals surface area contributed by atoms with E-state index in [2.05, 4.69) is 0 Å². The number of carbonyl (C=O) groups is 2. The van der Waals surface area contributed by atoms with Crippen molar-refractivity contribution in [3.63, 3.8) is 0 Å². The first-order valence-electron chi connectivity index (χ1n) is 6.51. The normalized spacial score (nSPS) is 12.2. The van der Waals surface area contributed by atoms with Gasteiger partial charge in [0, 0.05) is 31.1 Å². The van der Waals surface area contributed by atoms with Crippen LogP contribution in [0.4, 0.5) is 0 Å². The molecule has 0 aliphatic rings. The molecule has 0 fully saturated rings. The minimum absolute atomic E-state index is 0.0275. The van der Waals surface area contributed by atoms with Crippen LogP contribution >= 0.6 is 11.3 Å². The molecule has 1 aromatic rings. The summed E-state index contributed by atoms with van der Waals surface area (Å²) in [6.07, 6.45) is 1.14. The van der Waals surface area contributed by atoms with Crippen molar-refractivity contribution in [1.29, 1.82) is 0 Å². The quantitative estimate of drug-likeness (QED) is 0.823. The SMILES string of the molecule is CCC(C(=O)O)N(C)C(=O)CCCn1c(C)csc1=O. The van der Waals surface area contributed by atoms with Gasteiger partial charge >= 0.3 is 10.8 Å². The van der Waals surface area contributed by atoms with Crippen molar-refractivity contribution < 1.29 is 14.7 Å². The van der Waals surface area contributed by atoms with Gasteiger partial charge in [0.2, 0.25) is 5.91 Å². The number of carboxylic acid groups (broad SMARTS) is 1. The van der Waals surface area contributed by atoms with Crippen molar-refractivity contribution in [2.24, 2.45) is 0 Å². The van der Waals surface area contributed by atoms with Gasteiger partial charge in [-0.3, -0.25) is 9.59 Å². The molecular formula is C13H20N2O4S. The summed E-state index contributed by atoms with van der Waals surface area (Å²) in [5.41, 5.74) is 0.887. The number of amides is 1. The lowest BCUT2D eigenvalue weighted by molar-refractivity contribution is -0.149. The molecule has 0 spiro atoms. The number of carbonyl (C=O) groups excluding carboxylic acids is 1. The van der Waals surface area contributed by atoms with E-state index in [4.69, 9.17) is 5.11 Å². The molecule has 1 heterocycles. The Bertz CT molecular complexity index is 535. The first-order valence-corrected chi connectivity index (χ1v) is 7.39. The summed E-state index contributed by atoms with van der Waals surface area (Å²) in [6, 6.07) is -0.784. The molecule has 0 saturated carbocycles. The third kappa shape index (κ3) is 3.93. The van der Waals surface area contributed by atoms with Gasteiger partial charge in [-0.15, -0.1) is 0 Å². The Morgan fingerprint density at radius 3 is 2.60 bits per heavy atom. The van der Waals surface area contributed by atoms with Crippen LogP contribution in [0.5, 0.6) is 0 Å². The van der Waals surface area contributed by atoms with Crippen molar-refractivity contribution >= 4 is 23.2 Å². The van der Waals surface area contributed by atoms with Crippen molar-refractivity contribution in [2.75, 3.05) is 7.05 Å². The number of thiazole rings is 1. The third-order valence-electron chi connectivity index (χ3n) is 3.28. The van der Waals surface area contributed by atoms with Crippen LogP contribution in [0.1, 0.15) is 31.9 Å². The molecule has 7 heteroatoms. The van der Waals surface area contributed by atoms with Gasteiger partial charge in [0.1, 0.15) is 6.04 Å². The molecule has 0 aromatic carbocycles. The highest BCUT2D eigenvalue weighted by Gasteiger charge is 2.24. The molecule has 1 N–H and O–H groups in total. The van der Waals surface area contributed by atoms with Crippen molar-refractivity contribution in [3.8, 4) is 0 Å². The highest BCUT2D eigenvalue weighted by Crippen LogP contribution is 2.07. The molecule has 0 radical (unpaired) electrons. The molecule has 0 saturated heterocycles. The standard InChI is InChI=1S/C13H20N2O4S/c1-4-10(12(17)18)14(3)11(16)6-5-7-15-9(2)8-20-13(15)19/h8,10H,4-7H2,1-3H3,(H,17,18). The van der Waals surface area contributed by atoms with Crippen molar-refractivity contribution in [3.05, 3.63) is 20.7 Å². The van der Waals surface area contributed by atoms with E-state index >= 15 is 0 Å². The zero-order chi connectivity index (χ0) is 15.3. The summed E-state index contributed by atoms with van der Waals surface area (Å²) < 4.78 is 1.63. The second-order valence-electron chi connectivity index (χ2n) is 4.67. The van der Waals surface area contributed by atoms with Crippen LogP contribution in [0.15, 0.2) is 10.2 Å². The number of aromatic nitrogens is 1. The third-order valence-corrected chi connectivity index (χ3v) is 4.16. The zero-order valence-corrected chi connectivity index (χ0v) is 12.8. The highest BCUT2D eigenvalue weighted by molar-refractivity contribution is 7.07. The summed E-state index contributed by atoms with van der Waals surface area (Å²) in [6.45, 7) is 4.07.